The smallest absolute Gasteiger partial charge is 0.292 e. The van der Waals surface area contributed by atoms with Crippen LogP contribution in [-0.4, -0.2) is 45.3 Å². The molecule has 0 spiro atoms. The van der Waals surface area contributed by atoms with Crippen molar-refractivity contribution in [2.24, 2.45) is 5.92 Å². The predicted octanol–water partition coefficient (Wildman–Crippen LogP) is 4.25. The van der Waals surface area contributed by atoms with Crippen molar-refractivity contribution < 1.29 is 4.92 Å². The van der Waals surface area contributed by atoms with E-state index in [1.54, 1.807) is 6.20 Å². The van der Waals surface area contributed by atoms with Crippen LogP contribution in [0.3, 0.4) is 0 Å². The first-order chi connectivity index (χ1) is 15.0. The van der Waals surface area contributed by atoms with Crippen LogP contribution >= 0.6 is 11.6 Å². The maximum absolute atomic E-state index is 12.7. The summed E-state index contributed by atoms with van der Waals surface area (Å²) in [4.78, 5) is 25.6. The van der Waals surface area contributed by atoms with Crippen molar-refractivity contribution in [1.82, 2.24) is 14.7 Å². The van der Waals surface area contributed by atoms with E-state index in [1.165, 1.54) is 62.9 Å². The van der Waals surface area contributed by atoms with Gasteiger partial charge < -0.3 is 10.2 Å². The molecule has 166 valence electrons. The third-order valence-electron chi connectivity index (χ3n) is 6.41. The SMILES string of the molecule is O=c1c(Cl)c(NC2CCN(CC3CCCCC3)CC2)cnn1-c1ccc([N+](=O)[O-])cc1. The van der Waals surface area contributed by atoms with E-state index in [1.807, 2.05) is 0 Å². The molecule has 0 unspecified atom stereocenters. The van der Waals surface area contributed by atoms with Gasteiger partial charge in [0.25, 0.3) is 11.2 Å². The standard InChI is InChI=1S/C22H28ClN5O3/c23-21-20(14-24-27(22(21)29)18-6-8-19(9-7-18)28(30)31)25-17-10-12-26(13-11-17)15-16-4-2-1-3-5-16/h6-9,14,16-17,25H,1-5,10-13,15H2. The van der Waals surface area contributed by atoms with E-state index in [2.05, 4.69) is 15.3 Å². The number of nitrogens with one attached hydrogen (secondary N) is 1. The monoisotopic (exact) mass is 445 g/mol. The fourth-order valence-corrected chi connectivity index (χ4v) is 4.83. The lowest BCUT2D eigenvalue weighted by atomic mass is 9.88. The van der Waals surface area contributed by atoms with Gasteiger partial charge in [0.15, 0.2) is 0 Å². The van der Waals surface area contributed by atoms with Crippen LogP contribution < -0.4 is 10.9 Å². The summed E-state index contributed by atoms with van der Waals surface area (Å²) < 4.78 is 1.16. The predicted molar refractivity (Wildman–Crippen MR) is 121 cm³/mol. The van der Waals surface area contributed by atoms with Gasteiger partial charge in [0, 0.05) is 37.8 Å². The molecule has 2 aromatic rings. The Bertz CT molecular complexity index is 964. The van der Waals surface area contributed by atoms with E-state index in [0.717, 1.165) is 36.5 Å². The lowest BCUT2D eigenvalue weighted by Gasteiger charge is -2.36. The van der Waals surface area contributed by atoms with E-state index < -0.39 is 10.5 Å². The minimum absolute atomic E-state index is 0.0454. The van der Waals surface area contributed by atoms with Gasteiger partial charge in [-0.1, -0.05) is 30.9 Å². The Morgan fingerprint density at radius 2 is 1.77 bits per heavy atom. The number of aromatic nitrogens is 2. The Morgan fingerprint density at radius 1 is 1.10 bits per heavy atom. The van der Waals surface area contributed by atoms with Crippen LogP contribution in [0.1, 0.15) is 44.9 Å². The summed E-state index contributed by atoms with van der Waals surface area (Å²) in [5.74, 6) is 0.851. The van der Waals surface area contributed by atoms with Crippen molar-refractivity contribution in [3.63, 3.8) is 0 Å². The molecular weight excluding hydrogens is 418 g/mol. The lowest BCUT2D eigenvalue weighted by Crippen LogP contribution is -2.41. The van der Waals surface area contributed by atoms with Gasteiger partial charge in [-0.3, -0.25) is 14.9 Å². The van der Waals surface area contributed by atoms with Crippen molar-refractivity contribution in [1.29, 1.82) is 0 Å². The average molecular weight is 446 g/mol. The van der Waals surface area contributed by atoms with Crippen LogP contribution in [0.2, 0.25) is 5.02 Å². The number of nitrogens with zero attached hydrogens (tertiary/aromatic N) is 4. The van der Waals surface area contributed by atoms with Gasteiger partial charge in [-0.25, -0.2) is 0 Å². The molecule has 2 heterocycles. The highest BCUT2D eigenvalue weighted by molar-refractivity contribution is 6.33. The maximum Gasteiger partial charge on any atom is 0.292 e. The summed E-state index contributed by atoms with van der Waals surface area (Å²) in [6.45, 7) is 3.32. The topological polar surface area (TPSA) is 93.3 Å². The van der Waals surface area contributed by atoms with Gasteiger partial charge in [-0.2, -0.15) is 9.78 Å². The molecule has 0 atom stereocenters. The number of nitro groups is 1. The molecule has 2 aliphatic rings. The quantitative estimate of drug-likeness (QED) is 0.527. The molecule has 1 N–H and O–H groups in total. The molecule has 0 bridgehead atoms. The Labute approximate surface area is 186 Å². The third kappa shape index (κ3) is 5.25. The van der Waals surface area contributed by atoms with Gasteiger partial charge in [0.1, 0.15) is 5.02 Å². The molecule has 1 aromatic heterocycles. The number of rotatable bonds is 6. The lowest BCUT2D eigenvalue weighted by molar-refractivity contribution is -0.384. The van der Waals surface area contributed by atoms with Gasteiger partial charge in [-0.05, 0) is 43.7 Å². The van der Waals surface area contributed by atoms with Gasteiger partial charge in [0.05, 0.1) is 22.5 Å². The Morgan fingerprint density at radius 3 is 2.42 bits per heavy atom. The fourth-order valence-electron chi connectivity index (χ4n) is 4.65. The highest BCUT2D eigenvalue weighted by Crippen LogP contribution is 2.26. The number of piperidine rings is 1. The minimum Gasteiger partial charge on any atom is -0.380 e. The summed E-state index contributed by atoms with van der Waals surface area (Å²) in [5.41, 5.74) is 0.474. The summed E-state index contributed by atoms with van der Waals surface area (Å²) in [7, 11) is 0. The van der Waals surface area contributed by atoms with E-state index in [0.29, 0.717) is 11.4 Å². The van der Waals surface area contributed by atoms with Crippen molar-refractivity contribution in [2.75, 3.05) is 25.0 Å². The Hall–Kier alpha value is -2.45. The second-order valence-electron chi connectivity index (χ2n) is 8.59. The minimum atomic E-state index is -0.486. The summed E-state index contributed by atoms with van der Waals surface area (Å²) in [6.07, 6.45) is 10.4. The molecule has 0 amide bonds. The molecule has 2 fully saturated rings. The third-order valence-corrected chi connectivity index (χ3v) is 6.78. The zero-order valence-corrected chi connectivity index (χ0v) is 18.3. The first kappa shape index (κ1) is 21.8. The van der Waals surface area contributed by atoms with E-state index >= 15 is 0 Å². The Kier molecular flexibility index (Phi) is 6.87. The van der Waals surface area contributed by atoms with E-state index in [-0.39, 0.29) is 16.8 Å². The number of likely N-dealkylation sites (tertiary alicyclic amines) is 1. The number of benzene rings is 1. The number of anilines is 1. The van der Waals surface area contributed by atoms with Crippen LogP contribution in [0.15, 0.2) is 35.3 Å². The Balaban J connectivity index is 1.37. The zero-order valence-electron chi connectivity index (χ0n) is 17.5. The molecule has 9 heteroatoms. The highest BCUT2D eigenvalue weighted by atomic mass is 35.5. The van der Waals surface area contributed by atoms with Crippen molar-refractivity contribution in [3.05, 3.63) is 56.0 Å². The molecule has 4 rings (SSSR count). The van der Waals surface area contributed by atoms with Crippen molar-refractivity contribution >= 4 is 23.0 Å². The van der Waals surface area contributed by atoms with E-state index in [4.69, 9.17) is 11.6 Å². The molecule has 1 saturated heterocycles. The van der Waals surface area contributed by atoms with Crippen molar-refractivity contribution in [3.8, 4) is 5.69 Å². The van der Waals surface area contributed by atoms with Crippen LogP contribution in [0.4, 0.5) is 11.4 Å². The highest BCUT2D eigenvalue weighted by Gasteiger charge is 2.24. The second-order valence-corrected chi connectivity index (χ2v) is 8.96. The summed E-state index contributed by atoms with van der Waals surface area (Å²) in [6, 6.07) is 5.90. The van der Waals surface area contributed by atoms with Crippen LogP contribution in [0.25, 0.3) is 5.69 Å². The first-order valence-electron chi connectivity index (χ1n) is 11.0. The molecular formula is C22H28ClN5O3. The zero-order chi connectivity index (χ0) is 21.8. The van der Waals surface area contributed by atoms with Gasteiger partial charge in [-0.15, -0.1) is 0 Å². The molecule has 31 heavy (non-hydrogen) atoms. The van der Waals surface area contributed by atoms with Gasteiger partial charge in [0.2, 0.25) is 0 Å². The first-order valence-corrected chi connectivity index (χ1v) is 11.4. The number of hydrogen-bond acceptors (Lipinski definition) is 6. The number of halogens is 1. The maximum atomic E-state index is 12.7. The molecule has 1 aliphatic carbocycles. The number of hydrogen-bond donors (Lipinski definition) is 1. The molecule has 1 saturated carbocycles. The number of nitro benzene ring substituents is 1. The van der Waals surface area contributed by atoms with Crippen LogP contribution in [-0.2, 0) is 0 Å². The average Bonchev–Trinajstić information content (AvgIpc) is 2.79. The molecule has 0 radical (unpaired) electrons. The summed E-state index contributed by atoms with van der Waals surface area (Å²) in [5, 5.41) is 18.5. The molecule has 8 nitrogen and oxygen atoms in total. The molecule has 1 aliphatic heterocycles. The van der Waals surface area contributed by atoms with Crippen LogP contribution in [0, 0.1) is 16.0 Å². The summed E-state index contributed by atoms with van der Waals surface area (Å²) >= 11 is 6.35. The van der Waals surface area contributed by atoms with Gasteiger partial charge >= 0.3 is 0 Å². The van der Waals surface area contributed by atoms with Crippen LogP contribution in [0.5, 0.6) is 0 Å². The normalized spacial score (nSPS) is 18.7. The van der Waals surface area contributed by atoms with Crippen molar-refractivity contribution in [2.45, 2.75) is 51.0 Å². The van der Waals surface area contributed by atoms with E-state index in [9.17, 15) is 14.9 Å². The largest absolute Gasteiger partial charge is 0.380 e. The second kappa shape index (κ2) is 9.78. The molecule has 1 aromatic carbocycles. The number of non-ortho nitro benzene ring substituents is 1. The fraction of sp³-hybridized carbons (Fsp3) is 0.545.